The van der Waals surface area contributed by atoms with E-state index in [1.54, 1.807) is 0 Å². The van der Waals surface area contributed by atoms with E-state index in [1.165, 1.54) is 23.1 Å². The van der Waals surface area contributed by atoms with Gasteiger partial charge >= 0.3 is 0 Å². The van der Waals surface area contributed by atoms with Crippen molar-refractivity contribution < 1.29 is 14.0 Å². The Labute approximate surface area is 120 Å². The van der Waals surface area contributed by atoms with Gasteiger partial charge in [-0.2, -0.15) is 0 Å². The summed E-state index contributed by atoms with van der Waals surface area (Å²) in [5, 5.41) is -0.0665. The molecule has 3 aliphatic rings. The summed E-state index contributed by atoms with van der Waals surface area (Å²) < 4.78 is 13.2. The number of benzene rings is 1. The maximum Gasteiger partial charge on any atom is 0.237 e. The summed E-state index contributed by atoms with van der Waals surface area (Å²) in [6.45, 7) is 0. The van der Waals surface area contributed by atoms with Gasteiger partial charge in [-0.05, 0) is 49.3 Å². The number of hydrogen-bond acceptors (Lipinski definition) is 2. The van der Waals surface area contributed by atoms with E-state index in [1.807, 2.05) is 0 Å². The fourth-order valence-corrected chi connectivity index (χ4v) is 4.46. The maximum absolute atomic E-state index is 13.2. The summed E-state index contributed by atoms with van der Waals surface area (Å²) in [6.07, 6.45) is 3.09. The van der Waals surface area contributed by atoms with Crippen molar-refractivity contribution >= 4 is 29.1 Å². The Hall–Kier alpha value is -1.42. The van der Waals surface area contributed by atoms with Crippen LogP contribution >= 0.6 is 11.6 Å². The van der Waals surface area contributed by atoms with Crippen LogP contribution in [0.5, 0.6) is 0 Å². The lowest BCUT2D eigenvalue weighted by Gasteiger charge is -2.19. The highest BCUT2D eigenvalue weighted by Gasteiger charge is 2.61. The first-order valence-electron chi connectivity index (χ1n) is 6.91. The normalized spacial score (nSPS) is 35.0. The third kappa shape index (κ3) is 1.46. The molecule has 4 atom stereocenters. The highest BCUT2D eigenvalue weighted by Crippen LogP contribution is 2.56. The molecule has 2 bridgehead atoms. The highest BCUT2D eigenvalue weighted by atomic mass is 35.5. The number of imide groups is 1. The molecule has 0 N–H and O–H groups in total. The fourth-order valence-electron chi connectivity index (χ4n) is 4.29. The van der Waals surface area contributed by atoms with Gasteiger partial charge in [0, 0.05) is 0 Å². The maximum atomic E-state index is 13.2. The average molecular weight is 294 g/mol. The van der Waals surface area contributed by atoms with Crippen molar-refractivity contribution in [1.29, 1.82) is 0 Å². The van der Waals surface area contributed by atoms with Crippen LogP contribution in [-0.4, -0.2) is 11.8 Å². The molecule has 1 aromatic carbocycles. The van der Waals surface area contributed by atoms with Gasteiger partial charge in [-0.15, -0.1) is 0 Å². The zero-order valence-corrected chi connectivity index (χ0v) is 11.4. The lowest BCUT2D eigenvalue weighted by atomic mass is 9.81. The molecule has 2 aliphatic carbocycles. The molecule has 2 saturated carbocycles. The number of halogens is 2. The largest absolute Gasteiger partial charge is 0.274 e. The van der Waals surface area contributed by atoms with Crippen molar-refractivity contribution in [3.05, 3.63) is 29.0 Å². The number of anilines is 1. The molecule has 4 rings (SSSR count). The molecular formula is C15H13ClFNO2. The van der Waals surface area contributed by atoms with Crippen molar-refractivity contribution in [1.82, 2.24) is 0 Å². The molecule has 20 heavy (non-hydrogen) atoms. The molecule has 1 aliphatic heterocycles. The van der Waals surface area contributed by atoms with Gasteiger partial charge in [0.25, 0.3) is 0 Å². The van der Waals surface area contributed by atoms with Crippen LogP contribution in [0.2, 0.25) is 5.02 Å². The molecule has 1 saturated heterocycles. The van der Waals surface area contributed by atoms with Crippen LogP contribution in [-0.2, 0) is 9.59 Å². The van der Waals surface area contributed by atoms with Crippen LogP contribution in [0.4, 0.5) is 10.1 Å². The van der Waals surface area contributed by atoms with Gasteiger partial charge in [0.05, 0.1) is 22.5 Å². The predicted molar refractivity (Wildman–Crippen MR) is 71.7 cm³/mol. The molecule has 104 valence electrons. The Morgan fingerprint density at radius 1 is 1.10 bits per heavy atom. The van der Waals surface area contributed by atoms with Crippen LogP contribution in [0.25, 0.3) is 0 Å². The number of amides is 2. The van der Waals surface area contributed by atoms with E-state index < -0.39 is 5.82 Å². The summed E-state index contributed by atoms with van der Waals surface area (Å²) in [6, 6.07) is 4.00. The Morgan fingerprint density at radius 3 is 2.25 bits per heavy atom. The molecule has 3 nitrogen and oxygen atoms in total. The van der Waals surface area contributed by atoms with Crippen LogP contribution in [0.15, 0.2) is 18.2 Å². The molecule has 0 spiro atoms. The molecule has 1 aromatic rings. The minimum Gasteiger partial charge on any atom is -0.274 e. The van der Waals surface area contributed by atoms with E-state index in [9.17, 15) is 14.0 Å². The van der Waals surface area contributed by atoms with E-state index in [0.29, 0.717) is 17.5 Å². The molecule has 1 heterocycles. The number of hydrogen-bond donors (Lipinski definition) is 0. The number of fused-ring (bicyclic) bond motifs is 5. The molecular weight excluding hydrogens is 281 g/mol. The van der Waals surface area contributed by atoms with Crippen molar-refractivity contribution in [2.24, 2.45) is 23.7 Å². The molecule has 0 radical (unpaired) electrons. The van der Waals surface area contributed by atoms with Gasteiger partial charge in [-0.3, -0.25) is 9.59 Å². The zero-order valence-electron chi connectivity index (χ0n) is 10.7. The Morgan fingerprint density at radius 2 is 1.70 bits per heavy atom. The molecule has 0 unspecified atom stereocenters. The van der Waals surface area contributed by atoms with Crippen LogP contribution in [0, 0.1) is 29.5 Å². The van der Waals surface area contributed by atoms with Crippen LogP contribution < -0.4 is 4.90 Å². The van der Waals surface area contributed by atoms with Crippen molar-refractivity contribution in [2.45, 2.75) is 19.3 Å². The minimum atomic E-state index is -0.547. The number of carbonyl (C=O) groups is 2. The SMILES string of the molecule is O=C1[C@@H]2[C@H]3CC[C@@H](C3)[C@H]2C(=O)N1c1ccc(F)c(Cl)c1. The van der Waals surface area contributed by atoms with Crippen molar-refractivity contribution in [3.63, 3.8) is 0 Å². The third-order valence-corrected chi connectivity index (χ3v) is 5.38. The fraction of sp³-hybridized carbons (Fsp3) is 0.467. The van der Waals surface area contributed by atoms with Gasteiger partial charge < -0.3 is 0 Å². The Balaban J connectivity index is 1.74. The lowest BCUT2D eigenvalue weighted by molar-refractivity contribution is -0.123. The van der Waals surface area contributed by atoms with Gasteiger partial charge in [0.1, 0.15) is 5.82 Å². The van der Waals surface area contributed by atoms with Crippen molar-refractivity contribution in [2.75, 3.05) is 4.90 Å². The summed E-state index contributed by atoms with van der Waals surface area (Å²) >= 11 is 5.75. The molecule has 0 aromatic heterocycles. The second-order valence-electron chi connectivity index (χ2n) is 6.00. The summed E-state index contributed by atoms with van der Waals surface area (Å²) in [5.74, 6) is -0.431. The van der Waals surface area contributed by atoms with Crippen LogP contribution in [0.1, 0.15) is 19.3 Å². The zero-order chi connectivity index (χ0) is 14.0. The Kier molecular flexibility index (Phi) is 2.49. The second-order valence-corrected chi connectivity index (χ2v) is 6.40. The van der Waals surface area contributed by atoms with E-state index >= 15 is 0 Å². The van der Waals surface area contributed by atoms with E-state index in [0.717, 1.165) is 19.3 Å². The Bertz CT molecular complexity index is 604. The summed E-state index contributed by atoms with van der Waals surface area (Å²) in [4.78, 5) is 26.3. The molecule has 3 fully saturated rings. The first-order chi connectivity index (χ1) is 9.58. The number of carbonyl (C=O) groups excluding carboxylic acids is 2. The average Bonchev–Trinajstić information content (AvgIpc) is 3.08. The standard InChI is InChI=1S/C15H13ClFNO2/c16-10-6-9(3-4-11(10)17)18-14(19)12-7-1-2-8(5-7)13(12)15(18)20/h3-4,6-8,12-13H,1-2,5H2/t7-,8-,12+,13+/m0/s1. The van der Waals surface area contributed by atoms with Crippen LogP contribution in [0.3, 0.4) is 0 Å². The summed E-state index contributed by atoms with van der Waals surface area (Å²) in [7, 11) is 0. The van der Waals surface area contributed by atoms with Gasteiger partial charge in [0.15, 0.2) is 0 Å². The van der Waals surface area contributed by atoms with Gasteiger partial charge in [-0.1, -0.05) is 11.6 Å². The lowest BCUT2D eigenvalue weighted by Crippen LogP contribution is -2.32. The highest BCUT2D eigenvalue weighted by molar-refractivity contribution is 6.31. The predicted octanol–water partition coefficient (Wildman–Crippen LogP) is 3.01. The first kappa shape index (κ1) is 12.3. The molecule has 2 amide bonds. The van der Waals surface area contributed by atoms with E-state index in [4.69, 9.17) is 11.6 Å². The topological polar surface area (TPSA) is 37.4 Å². The first-order valence-corrected chi connectivity index (χ1v) is 7.28. The second kappa shape index (κ2) is 4.04. The molecule has 5 heteroatoms. The minimum absolute atomic E-state index is 0.0665. The quantitative estimate of drug-likeness (QED) is 0.747. The van der Waals surface area contributed by atoms with E-state index in [2.05, 4.69) is 0 Å². The smallest absolute Gasteiger partial charge is 0.237 e. The van der Waals surface area contributed by atoms with E-state index in [-0.39, 0.29) is 28.7 Å². The monoisotopic (exact) mass is 293 g/mol. The van der Waals surface area contributed by atoms with Crippen molar-refractivity contribution in [3.8, 4) is 0 Å². The number of nitrogens with zero attached hydrogens (tertiary/aromatic N) is 1. The summed E-state index contributed by atoms with van der Waals surface area (Å²) in [5.41, 5.74) is 0.389. The van der Waals surface area contributed by atoms with Gasteiger partial charge in [0.2, 0.25) is 11.8 Å². The number of rotatable bonds is 1. The van der Waals surface area contributed by atoms with Gasteiger partial charge in [-0.25, -0.2) is 9.29 Å². The third-order valence-electron chi connectivity index (χ3n) is 5.09.